The first kappa shape index (κ1) is 35.2. The maximum absolute atomic E-state index is 6.82. The smallest absolute Gasteiger partial charge is 0.108 e. The summed E-state index contributed by atoms with van der Waals surface area (Å²) in [6, 6.07) is 21.1. The zero-order chi connectivity index (χ0) is 26.7. The van der Waals surface area contributed by atoms with Gasteiger partial charge < -0.3 is 20.1 Å². The van der Waals surface area contributed by atoms with Gasteiger partial charge >= 0.3 is 0 Å². The summed E-state index contributed by atoms with van der Waals surface area (Å²) < 4.78 is 12.4. The summed E-state index contributed by atoms with van der Waals surface area (Å²) in [6.07, 6.45) is 1.98. The first-order valence-corrected chi connectivity index (χ1v) is 14.1. The molecule has 2 N–H and O–H groups in total. The largest absolute Gasteiger partial charge is 0.466 e. The van der Waals surface area contributed by atoms with Gasteiger partial charge in [-0.1, -0.05) is 67.6 Å². The molecule has 0 amide bonds. The Kier molecular flexibility index (Phi) is 13.3. The molecule has 1 aliphatic carbocycles. The van der Waals surface area contributed by atoms with Crippen LogP contribution in [0.15, 0.2) is 94.6 Å². The van der Waals surface area contributed by atoms with Crippen molar-refractivity contribution in [1.29, 1.82) is 0 Å². The molecule has 1 unspecified atom stereocenters. The highest BCUT2D eigenvalue weighted by molar-refractivity contribution is 5.86. The van der Waals surface area contributed by atoms with Gasteiger partial charge in [0.15, 0.2) is 0 Å². The number of nitrogens with two attached hydrogens (primary N) is 1. The van der Waals surface area contributed by atoms with Crippen molar-refractivity contribution in [3.63, 3.8) is 0 Å². The van der Waals surface area contributed by atoms with Crippen LogP contribution in [0, 0.1) is 5.41 Å². The molecule has 2 heterocycles. The molecular weight excluding hydrogens is 577 g/mol. The molecule has 5 rings (SSSR count). The Morgan fingerprint density at radius 2 is 1.37 bits per heavy atom. The Labute approximate surface area is 265 Å². The van der Waals surface area contributed by atoms with Gasteiger partial charge in [-0.25, -0.2) is 0 Å². The number of piperazine rings is 1. The predicted octanol–water partition coefficient (Wildman–Crippen LogP) is 7.29. The molecule has 0 aromatic heterocycles. The van der Waals surface area contributed by atoms with E-state index in [2.05, 4.69) is 91.2 Å². The lowest BCUT2D eigenvalue weighted by Crippen LogP contribution is -2.50. The molecule has 0 spiro atoms. The first-order valence-electron chi connectivity index (χ1n) is 14.1. The Hall–Kier alpha value is -1.99. The van der Waals surface area contributed by atoms with Crippen LogP contribution in [0.25, 0.3) is 0 Å². The molecule has 0 saturated carbocycles. The van der Waals surface area contributed by atoms with E-state index in [1.165, 1.54) is 27.8 Å². The number of benzene rings is 2. The van der Waals surface area contributed by atoms with Gasteiger partial charge in [-0.3, -0.25) is 4.90 Å². The highest BCUT2D eigenvalue weighted by atomic mass is 35.5. The third-order valence-corrected chi connectivity index (χ3v) is 8.57. The molecule has 5 nitrogen and oxygen atoms in total. The van der Waals surface area contributed by atoms with Crippen LogP contribution in [0.4, 0.5) is 0 Å². The molecule has 0 bridgehead atoms. The lowest BCUT2D eigenvalue weighted by molar-refractivity contribution is 0.0608. The van der Waals surface area contributed by atoms with E-state index in [0.29, 0.717) is 0 Å². The van der Waals surface area contributed by atoms with Gasteiger partial charge in [0.25, 0.3) is 0 Å². The van der Waals surface area contributed by atoms with Crippen LogP contribution in [0.3, 0.4) is 0 Å². The maximum atomic E-state index is 6.82. The van der Waals surface area contributed by atoms with E-state index in [1.807, 2.05) is 6.92 Å². The summed E-state index contributed by atoms with van der Waals surface area (Å²) in [5.74, 6) is 1.99. The topological polar surface area (TPSA) is 51.0 Å². The molecule has 226 valence electrons. The third kappa shape index (κ3) is 7.90. The number of rotatable bonds is 9. The molecule has 1 fully saturated rings. The lowest BCUT2D eigenvalue weighted by atomic mass is 9.85. The average Bonchev–Trinajstić information content (AvgIpc) is 3.20. The highest BCUT2D eigenvalue weighted by Gasteiger charge is 2.43. The molecule has 2 aromatic rings. The summed E-state index contributed by atoms with van der Waals surface area (Å²) in [7, 11) is 0. The van der Waals surface area contributed by atoms with Crippen LogP contribution < -0.4 is 5.73 Å². The van der Waals surface area contributed by atoms with Crippen molar-refractivity contribution >= 4 is 37.2 Å². The van der Waals surface area contributed by atoms with Gasteiger partial charge in [-0.05, 0) is 50.3 Å². The van der Waals surface area contributed by atoms with Crippen LogP contribution in [0.5, 0.6) is 0 Å². The van der Waals surface area contributed by atoms with Crippen LogP contribution in [0.2, 0.25) is 0 Å². The van der Waals surface area contributed by atoms with Crippen molar-refractivity contribution in [2.45, 2.75) is 46.6 Å². The summed E-state index contributed by atoms with van der Waals surface area (Å²) >= 11 is 0. The Morgan fingerprint density at radius 1 is 0.829 bits per heavy atom. The van der Waals surface area contributed by atoms with Crippen molar-refractivity contribution in [2.75, 3.05) is 45.9 Å². The molecule has 0 radical (unpaired) electrons. The molecule has 2 aliphatic heterocycles. The Morgan fingerprint density at radius 3 is 1.93 bits per heavy atom. The molecule has 1 saturated heterocycles. The normalized spacial score (nSPS) is 21.2. The summed E-state index contributed by atoms with van der Waals surface area (Å²) in [5.41, 5.74) is 14.0. The average molecular weight is 623 g/mol. The van der Waals surface area contributed by atoms with E-state index in [9.17, 15) is 0 Å². The van der Waals surface area contributed by atoms with Gasteiger partial charge in [0.05, 0.1) is 0 Å². The molecule has 1 atom stereocenters. The standard InChI is InChI=1S/C33H43N3O2.3ClH/c1-24-25(2)38-26(3)29-22-33(4,32(34)30(24)29)23-36-19-17-35(18-20-36)16-11-21-37-31(27-12-7-5-8-13-27)28-14-9-6-10-15-28;;;/h5-10,12-15,31H,11,16-23,34H2,1-4H3;3*1H. The van der Waals surface area contributed by atoms with Gasteiger partial charge in [0, 0.05) is 68.1 Å². The molecule has 41 heavy (non-hydrogen) atoms. The van der Waals surface area contributed by atoms with Crippen molar-refractivity contribution in [1.82, 2.24) is 9.80 Å². The van der Waals surface area contributed by atoms with E-state index >= 15 is 0 Å². The second-order valence-electron chi connectivity index (χ2n) is 11.4. The van der Waals surface area contributed by atoms with Crippen LogP contribution in [-0.4, -0.2) is 55.7 Å². The second kappa shape index (κ2) is 15.5. The van der Waals surface area contributed by atoms with Gasteiger partial charge in [-0.2, -0.15) is 0 Å². The van der Waals surface area contributed by atoms with E-state index in [1.54, 1.807) is 0 Å². The van der Waals surface area contributed by atoms with Gasteiger partial charge in [-0.15, -0.1) is 37.2 Å². The number of hydrogen-bond acceptors (Lipinski definition) is 5. The van der Waals surface area contributed by atoms with E-state index < -0.39 is 0 Å². The van der Waals surface area contributed by atoms with Gasteiger partial charge in [0.1, 0.15) is 17.6 Å². The number of ether oxygens (including phenoxy) is 2. The minimum Gasteiger partial charge on any atom is -0.466 e. The SMILES string of the molecule is CC1=C(C)C2=C(N)C(C)(CN3CCN(CCCOC(c4ccccc4)c4ccccc4)CC3)CC2=C(C)O1.Cl.Cl.Cl. The maximum Gasteiger partial charge on any atom is 0.108 e. The molecule has 2 aromatic carbocycles. The van der Waals surface area contributed by atoms with E-state index in [0.717, 1.165) is 75.9 Å². The zero-order valence-corrected chi connectivity index (χ0v) is 27.2. The van der Waals surface area contributed by atoms with Crippen molar-refractivity contribution < 1.29 is 9.47 Å². The van der Waals surface area contributed by atoms with Crippen molar-refractivity contribution in [3.05, 3.63) is 106 Å². The van der Waals surface area contributed by atoms with Crippen LogP contribution in [0.1, 0.15) is 57.8 Å². The van der Waals surface area contributed by atoms with E-state index in [4.69, 9.17) is 15.2 Å². The number of hydrogen-bond donors (Lipinski definition) is 1. The number of nitrogens with zero attached hydrogens (tertiary/aromatic N) is 2. The fraction of sp³-hybridized carbons (Fsp3) is 0.455. The van der Waals surface area contributed by atoms with Crippen molar-refractivity contribution in [3.8, 4) is 0 Å². The summed E-state index contributed by atoms with van der Waals surface area (Å²) in [5, 5.41) is 0. The fourth-order valence-electron chi connectivity index (χ4n) is 6.25. The fourth-order valence-corrected chi connectivity index (χ4v) is 6.25. The quantitative estimate of drug-likeness (QED) is 0.298. The Bertz CT molecular complexity index is 1190. The summed E-state index contributed by atoms with van der Waals surface area (Å²) in [6.45, 7) is 15.8. The van der Waals surface area contributed by atoms with Crippen LogP contribution in [-0.2, 0) is 9.47 Å². The number of allylic oxidation sites excluding steroid dienone is 5. The monoisotopic (exact) mass is 621 g/mol. The molecule has 8 heteroatoms. The van der Waals surface area contributed by atoms with Gasteiger partial charge in [0.2, 0.25) is 0 Å². The van der Waals surface area contributed by atoms with Crippen LogP contribution >= 0.6 is 37.2 Å². The predicted molar refractivity (Wildman–Crippen MR) is 176 cm³/mol. The lowest BCUT2D eigenvalue weighted by Gasteiger charge is -2.39. The highest BCUT2D eigenvalue weighted by Crippen LogP contribution is 2.50. The molecule has 3 aliphatic rings. The van der Waals surface area contributed by atoms with Crippen molar-refractivity contribution in [2.24, 2.45) is 11.1 Å². The molecular formula is C33H46Cl3N3O2. The second-order valence-corrected chi connectivity index (χ2v) is 11.4. The Balaban J connectivity index is 0.00000196. The zero-order valence-electron chi connectivity index (χ0n) is 24.7. The first-order chi connectivity index (χ1) is 18.4. The minimum absolute atomic E-state index is 0. The summed E-state index contributed by atoms with van der Waals surface area (Å²) in [4.78, 5) is 5.18. The van der Waals surface area contributed by atoms with E-state index in [-0.39, 0.29) is 48.7 Å². The third-order valence-electron chi connectivity index (χ3n) is 8.57. The number of halogens is 3. The minimum atomic E-state index is -0.0406. The number of fused-ring (bicyclic) bond motifs is 1.